The van der Waals surface area contributed by atoms with Crippen LogP contribution < -0.4 is 9.47 Å². The number of methoxy groups -OCH3 is 2. The van der Waals surface area contributed by atoms with E-state index in [0.29, 0.717) is 54.7 Å². The number of likely N-dealkylation sites (tertiary alicyclic amines) is 1. The third kappa shape index (κ3) is 6.32. The Morgan fingerprint density at radius 1 is 1.11 bits per heavy atom. The molecule has 0 spiro atoms. The zero-order valence-corrected chi connectivity index (χ0v) is 22.1. The van der Waals surface area contributed by atoms with Gasteiger partial charge in [-0.05, 0) is 57.0 Å². The molecule has 4 rings (SSSR count). The second kappa shape index (κ2) is 12.2. The molecule has 0 N–H and O–H groups in total. The largest absolute Gasteiger partial charge is 0.497 e. The lowest BCUT2D eigenvalue weighted by Gasteiger charge is -2.40. The number of pyridine rings is 1. The zero-order valence-electron chi connectivity index (χ0n) is 21.3. The monoisotopic (exact) mass is 550 g/mol. The minimum absolute atomic E-state index is 0.0827. The number of alkyl halides is 1. The van der Waals surface area contributed by atoms with Crippen molar-refractivity contribution in [3.8, 4) is 11.5 Å². The van der Waals surface area contributed by atoms with Crippen LogP contribution in [0.1, 0.15) is 37.4 Å². The van der Waals surface area contributed by atoms with Crippen LogP contribution >= 0.6 is 11.6 Å². The molecule has 3 aromatic rings. The van der Waals surface area contributed by atoms with Crippen LogP contribution in [0.25, 0.3) is 10.9 Å². The Bertz CT molecular complexity index is 1260. The van der Waals surface area contributed by atoms with Crippen molar-refractivity contribution in [3.63, 3.8) is 0 Å². The van der Waals surface area contributed by atoms with E-state index in [1.54, 1.807) is 18.2 Å². The van der Waals surface area contributed by atoms with E-state index < -0.39 is 23.2 Å². The highest BCUT2D eigenvalue weighted by molar-refractivity contribution is 6.32. The van der Waals surface area contributed by atoms with Gasteiger partial charge in [-0.1, -0.05) is 11.6 Å². The summed E-state index contributed by atoms with van der Waals surface area (Å²) in [6.45, 7) is 1.89. The van der Waals surface area contributed by atoms with Crippen molar-refractivity contribution in [2.45, 2.75) is 31.9 Å². The van der Waals surface area contributed by atoms with Crippen molar-refractivity contribution in [3.05, 3.63) is 64.8 Å². The van der Waals surface area contributed by atoms with Gasteiger partial charge in [-0.25, -0.2) is 13.2 Å². The lowest BCUT2D eigenvalue weighted by molar-refractivity contribution is -0.157. The molecule has 0 amide bonds. The van der Waals surface area contributed by atoms with Crippen molar-refractivity contribution < 1.29 is 32.2 Å². The van der Waals surface area contributed by atoms with Gasteiger partial charge < -0.3 is 14.2 Å². The predicted octanol–water partition coefficient (Wildman–Crippen LogP) is 6.30. The maximum Gasteiger partial charge on any atom is 0.311 e. The summed E-state index contributed by atoms with van der Waals surface area (Å²) in [7, 11) is 2.88. The highest BCUT2D eigenvalue weighted by Gasteiger charge is 2.42. The van der Waals surface area contributed by atoms with Crippen LogP contribution in [0.3, 0.4) is 0 Å². The molecule has 1 fully saturated rings. The van der Waals surface area contributed by atoms with E-state index in [-0.39, 0.29) is 36.2 Å². The highest BCUT2D eigenvalue weighted by atomic mass is 35.5. The van der Waals surface area contributed by atoms with Crippen LogP contribution in [0.2, 0.25) is 5.02 Å². The molecule has 6 nitrogen and oxygen atoms in total. The van der Waals surface area contributed by atoms with Crippen molar-refractivity contribution >= 4 is 28.5 Å². The summed E-state index contributed by atoms with van der Waals surface area (Å²) in [5.74, 6) is -1.07. The van der Waals surface area contributed by atoms with Crippen LogP contribution in [-0.2, 0) is 9.53 Å². The molecule has 38 heavy (non-hydrogen) atoms. The number of fused-ring (bicyclic) bond motifs is 1. The Hall–Kier alpha value is -3.04. The molecule has 0 radical (unpaired) electrons. The van der Waals surface area contributed by atoms with E-state index in [4.69, 9.17) is 25.8 Å². The number of carbonyl (C=O) groups is 1. The highest BCUT2D eigenvalue weighted by Crippen LogP contribution is 2.42. The molecular formula is C28H30ClF3N2O4. The summed E-state index contributed by atoms with van der Waals surface area (Å²) in [4.78, 5) is 19.2. The molecule has 1 atom stereocenters. The molecule has 2 aromatic carbocycles. The van der Waals surface area contributed by atoms with Crippen molar-refractivity contribution in [1.82, 2.24) is 9.88 Å². The van der Waals surface area contributed by atoms with Gasteiger partial charge in [0.15, 0.2) is 0 Å². The number of aromatic nitrogens is 1. The second-order valence-electron chi connectivity index (χ2n) is 9.48. The Morgan fingerprint density at radius 2 is 1.82 bits per heavy atom. The second-order valence-corrected chi connectivity index (χ2v) is 9.88. The van der Waals surface area contributed by atoms with E-state index in [1.165, 1.54) is 20.4 Å². The number of rotatable bonds is 10. The number of piperidine rings is 1. The predicted molar refractivity (Wildman–Crippen MR) is 138 cm³/mol. The van der Waals surface area contributed by atoms with Crippen LogP contribution in [0, 0.1) is 17.0 Å². The molecular weight excluding hydrogens is 521 g/mol. The zero-order chi connectivity index (χ0) is 27.3. The number of hydrogen-bond acceptors (Lipinski definition) is 6. The molecule has 1 aliphatic rings. The topological polar surface area (TPSA) is 60.9 Å². The third-order valence-corrected chi connectivity index (χ3v) is 7.50. The fourth-order valence-corrected chi connectivity index (χ4v) is 5.31. The van der Waals surface area contributed by atoms with Crippen LogP contribution in [0.5, 0.6) is 11.5 Å². The molecule has 10 heteroatoms. The Morgan fingerprint density at radius 3 is 2.47 bits per heavy atom. The van der Waals surface area contributed by atoms with Gasteiger partial charge in [0, 0.05) is 41.9 Å². The quantitative estimate of drug-likeness (QED) is 0.276. The lowest BCUT2D eigenvalue weighted by Crippen LogP contribution is -2.46. The van der Waals surface area contributed by atoms with Gasteiger partial charge in [-0.3, -0.25) is 14.7 Å². The summed E-state index contributed by atoms with van der Waals surface area (Å²) in [5, 5.41) is 0.794. The summed E-state index contributed by atoms with van der Waals surface area (Å²) in [6.07, 6.45) is 1.36. The minimum atomic E-state index is -1.42. The van der Waals surface area contributed by atoms with E-state index in [2.05, 4.69) is 9.88 Å². The smallest absolute Gasteiger partial charge is 0.311 e. The average Bonchev–Trinajstić information content (AvgIpc) is 2.91. The number of carbonyl (C=O) groups excluding carboxylic acids is 1. The Kier molecular flexibility index (Phi) is 8.99. The molecule has 204 valence electrons. The van der Waals surface area contributed by atoms with Gasteiger partial charge in [0.25, 0.3) is 0 Å². The van der Waals surface area contributed by atoms with Gasteiger partial charge in [0.2, 0.25) is 0 Å². The first-order valence-electron chi connectivity index (χ1n) is 12.4. The van der Waals surface area contributed by atoms with E-state index >= 15 is 4.39 Å². The van der Waals surface area contributed by atoms with E-state index in [0.717, 1.165) is 18.2 Å². The molecule has 0 unspecified atom stereocenters. The number of benzene rings is 2. The van der Waals surface area contributed by atoms with Gasteiger partial charge in [-0.15, -0.1) is 0 Å². The summed E-state index contributed by atoms with van der Waals surface area (Å²) < 4.78 is 58.3. The first kappa shape index (κ1) is 28.0. The van der Waals surface area contributed by atoms with Crippen LogP contribution in [0.4, 0.5) is 13.2 Å². The Labute approximate surface area is 224 Å². The normalized spacial score (nSPS) is 16.3. The summed E-state index contributed by atoms with van der Waals surface area (Å²) in [5.41, 5.74) is 0.112. The fraction of sp³-hybridized carbons (Fsp3) is 0.429. The SMILES string of the molecule is COC(=O)C1(CC[C@@H](F)c2c(Cl)cnc3ccc(OC)cc23)CCN(CCOc2cc(F)cc(F)c2)CC1. The maximum absolute atomic E-state index is 15.7. The summed E-state index contributed by atoms with van der Waals surface area (Å²) in [6, 6.07) is 8.26. The van der Waals surface area contributed by atoms with Gasteiger partial charge in [-0.2, -0.15) is 0 Å². The van der Waals surface area contributed by atoms with Crippen LogP contribution in [-0.4, -0.2) is 56.3 Å². The van der Waals surface area contributed by atoms with Crippen LogP contribution in [0.15, 0.2) is 42.6 Å². The van der Waals surface area contributed by atoms with Gasteiger partial charge in [0.1, 0.15) is 35.9 Å². The van der Waals surface area contributed by atoms with Crippen molar-refractivity contribution in [2.24, 2.45) is 5.41 Å². The molecule has 0 aliphatic carbocycles. The Balaban J connectivity index is 1.39. The first-order chi connectivity index (χ1) is 18.2. The molecule has 0 saturated carbocycles. The molecule has 1 aliphatic heterocycles. The number of hydrogen-bond donors (Lipinski definition) is 0. The molecule has 0 bridgehead atoms. The molecule has 1 saturated heterocycles. The maximum atomic E-state index is 15.7. The summed E-state index contributed by atoms with van der Waals surface area (Å²) >= 11 is 6.37. The third-order valence-electron chi connectivity index (χ3n) is 7.20. The number of ether oxygens (including phenoxy) is 3. The van der Waals surface area contributed by atoms with Crippen molar-refractivity contribution in [2.75, 3.05) is 40.5 Å². The molecule has 1 aromatic heterocycles. The average molecular weight is 551 g/mol. The number of esters is 1. The first-order valence-corrected chi connectivity index (χ1v) is 12.8. The fourth-order valence-electron chi connectivity index (χ4n) is 5.04. The minimum Gasteiger partial charge on any atom is -0.497 e. The van der Waals surface area contributed by atoms with E-state index in [9.17, 15) is 13.6 Å². The van der Waals surface area contributed by atoms with Crippen molar-refractivity contribution in [1.29, 1.82) is 0 Å². The molecule has 2 heterocycles. The van der Waals surface area contributed by atoms with Gasteiger partial charge >= 0.3 is 5.97 Å². The van der Waals surface area contributed by atoms with Gasteiger partial charge in [0.05, 0.1) is 30.2 Å². The standard InChI is InChI=1S/C28H30ClF3N2O4/c1-36-20-3-4-25-22(16-20)26(23(29)17-33-25)24(32)5-6-28(27(35)37-2)7-9-34(10-8-28)11-12-38-21-14-18(30)13-19(31)15-21/h3-4,13-17,24H,5-12H2,1-2H3/t24-/m1/s1. The lowest BCUT2D eigenvalue weighted by atomic mass is 9.74. The van der Waals surface area contributed by atoms with E-state index in [1.807, 2.05) is 0 Å². The number of nitrogens with zero attached hydrogens (tertiary/aromatic N) is 2. The number of halogens is 4.